The van der Waals surface area contributed by atoms with E-state index >= 15 is 0 Å². The molecule has 0 aromatic rings. The molecule has 0 heterocycles. The zero-order valence-electron chi connectivity index (χ0n) is 4.02. The van der Waals surface area contributed by atoms with Gasteiger partial charge in [-0.1, -0.05) is 0 Å². The first-order chi connectivity index (χ1) is 0. The van der Waals surface area contributed by atoms with Crippen LogP contribution < -0.4 is 0 Å². The van der Waals surface area contributed by atoms with Crippen molar-refractivity contribution in [1.82, 2.24) is 0 Å². The van der Waals surface area contributed by atoms with E-state index in [1.807, 2.05) is 0 Å². The molecule has 9 heavy (non-hydrogen) atoms. The van der Waals surface area contributed by atoms with E-state index in [-0.39, 0.29) is 167 Å². The van der Waals surface area contributed by atoms with Crippen LogP contribution >= 0.6 is 0 Å². The van der Waals surface area contributed by atoms with Crippen molar-refractivity contribution in [3.8, 4) is 0 Å². The van der Waals surface area contributed by atoms with Crippen molar-refractivity contribution in [3.63, 3.8) is 0 Å². The number of hydrogen-bond acceptors (Lipinski definition) is 0. The summed E-state index contributed by atoms with van der Waals surface area (Å²) in [6.45, 7) is 0. The maximum Gasteiger partial charge on any atom is 0 e. The third-order valence-corrected chi connectivity index (χ3v) is 0. The fraction of sp³-hybridized carbons (Fsp3) is 0. The first kappa shape index (κ1) is 90.6. The predicted molar refractivity (Wildman–Crippen MR) is 0 cm³/mol. The van der Waals surface area contributed by atoms with Crippen LogP contribution in [0.1, 0.15) is 0 Å². The van der Waals surface area contributed by atoms with Gasteiger partial charge < -0.3 is 0 Å². The van der Waals surface area contributed by atoms with Crippen molar-refractivity contribution in [2.75, 3.05) is 0 Å². The van der Waals surface area contributed by atoms with Crippen LogP contribution in [0.25, 0.3) is 0 Å². The molecule has 0 spiro atoms. The minimum atomic E-state index is 0. The third kappa shape index (κ3) is 60.8. The summed E-state index contributed by atoms with van der Waals surface area (Å²) in [6.07, 6.45) is 0. The summed E-state index contributed by atoms with van der Waals surface area (Å²) in [5, 5.41) is 0. The van der Waals surface area contributed by atoms with Gasteiger partial charge in [0.1, 0.15) is 0 Å². The van der Waals surface area contributed by atoms with Crippen LogP contribution in [0, 0.1) is 0 Å². The Bertz CT molecular complexity index is 0. The molecular formula is V9. The van der Waals surface area contributed by atoms with Gasteiger partial charge in [-0.05, 0) is 0 Å². The zero-order valence-corrected chi connectivity index (χ0v) is 16.6. The number of rotatable bonds is 0. The monoisotopic (exact) mass is 458 g/mol. The van der Waals surface area contributed by atoms with E-state index < -0.39 is 0 Å². The Morgan fingerprint density at radius 2 is 0.111 bits per heavy atom. The first-order valence-corrected chi connectivity index (χ1v) is 0. The fourth-order valence-electron chi connectivity index (χ4n) is 0. The van der Waals surface area contributed by atoms with Crippen LogP contribution in [0.2, 0.25) is 0 Å². The molecule has 0 saturated carbocycles. The van der Waals surface area contributed by atoms with E-state index in [0.717, 1.165) is 0 Å². The standard InChI is InChI=1S/9V. The quantitative estimate of drug-likeness (QED) is 0.479. The summed E-state index contributed by atoms with van der Waals surface area (Å²) in [7, 11) is 0. The summed E-state index contributed by atoms with van der Waals surface area (Å²) >= 11 is 0. The van der Waals surface area contributed by atoms with Crippen LogP contribution in [-0.2, 0) is 167 Å². The maximum absolute atomic E-state index is 0. The fourth-order valence-corrected chi connectivity index (χ4v) is 0. The van der Waals surface area contributed by atoms with Crippen molar-refractivity contribution in [2.24, 2.45) is 0 Å². The van der Waals surface area contributed by atoms with Gasteiger partial charge in [0.25, 0.3) is 0 Å². The molecular weight excluding hydrogens is 458 g/mol. The molecule has 0 N–H and O–H groups in total. The molecule has 0 nitrogen and oxygen atoms in total. The first-order valence-electron chi connectivity index (χ1n) is 0. The zero-order chi connectivity index (χ0) is 0. The summed E-state index contributed by atoms with van der Waals surface area (Å²) < 4.78 is 0. The normalized spacial score (nSPS) is 0. The molecule has 9 heteroatoms. The minimum absolute atomic E-state index is 0. The van der Waals surface area contributed by atoms with Gasteiger partial charge in [0.15, 0.2) is 0 Å². The summed E-state index contributed by atoms with van der Waals surface area (Å²) in [5.41, 5.74) is 0. The molecule has 0 unspecified atom stereocenters. The van der Waals surface area contributed by atoms with E-state index in [1.165, 1.54) is 0 Å². The molecule has 0 aromatic heterocycles. The molecule has 0 aromatic carbocycles. The smallest absolute Gasteiger partial charge is 0 e. The topological polar surface area (TPSA) is 0 Å². The average molecular weight is 458 g/mol. The molecule has 0 aliphatic carbocycles. The molecule has 0 aliphatic rings. The summed E-state index contributed by atoms with van der Waals surface area (Å²) in [4.78, 5) is 0. The molecule has 0 atom stereocenters. The molecule has 45 valence electrons. The largest absolute Gasteiger partial charge is 0 e. The van der Waals surface area contributed by atoms with Crippen molar-refractivity contribution in [3.05, 3.63) is 0 Å². The Morgan fingerprint density at radius 1 is 0.111 bits per heavy atom. The van der Waals surface area contributed by atoms with Crippen LogP contribution in [-0.4, -0.2) is 0 Å². The molecule has 9 radical (unpaired) electrons. The van der Waals surface area contributed by atoms with Gasteiger partial charge in [-0.3, -0.25) is 0 Å². The van der Waals surface area contributed by atoms with E-state index in [4.69, 9.17) is 0 Å². The Balaban J connectivity index is 0. The molecule has 0 saturated heterocycles. The second-order valence-electron chi connectivity index (χ2n) is 0. The molecule has 0 bridgehead atoms. The molecule has 0 aliphatic heterocycles. The second kappa shape index (κ2) is 72.0. The minimum Gasteiger partial charge on any atom is 0 e. The van der Waals surface area contributed by atoms with Crippen LogP contribution in [0.3, 0.4) is 0 Å². The van der Waals surface area contributed by atoms with E-state index in [2.05, 4.69) is 0 Å². The number of hydrogen-bond donors (Lipinski definition) is 0. The van der Waals surface area contributed by atoms with Gasteiger partial charge in [0, 0.05) is 167 Å². The van der Waals surface area contributed by atoms with Crippen molar-refractivity contribution < 1.29 is 167 Å². The van der Waals surface area contributed by atoms with E-state index in [1.54, 1.807) is 0 Å². The van der Waals surface area contributed by atoms with Gasteiger partial charge in [-0.25, -0.2) is 0 Å². The van der Waals surface area contributed by atoms with Gasteiger partial charge in [0.05, 0.1) is 0 Å². The van der Waals surface area contributed by atoms with Gasteiger partial charge in [0.2, 0.25) is 0 Å². The van der Waals surface area contributed by atoms with Gasteiger partial charge in [-0.15, -0.1) is 0 Å². The van der Waals surface area contributed by atoms with Crippen LogP contribution in [0.5, 0.6) is 0 Å². The second-order valence-corrected chi connectivity index (χ2v) is 0. The van der Waals surface area contributed by atoms with Gasteiger partial charge >= 0.3 is 0 Å². The summed E-state index contributed by atoms with van der Waals surface area (Å²) in [6, 6.07) is 0. The maximum atomic E-state index is 0. The van der Waals surface area contributed by atoms with E-state index in [9.17, 15) is 0 Å². The molecule has 0 rings (SSSR count). The Hall–Kier alpha value is 5.26. The van der Waals surface area contributed by atoms with Crippen molar-refractivity contribution >= 4 is 0 Å². The summed E-state index contributed by atoms with van der Waals surface area (Å²) in [5.74, 6) is 0. The molecule has 0 amide bonds. The average Bonchev–Trinajstić information content (AvgIpc) is 0. The Labute approximate surface area is 163 Å². The molecule has 0 fully saturated rings. The SMILES string of the molecule is [V].[V].[V].[V].[V].[V].[V].[V].[V]. The van der Waals surface area contributed by atoms with Crippen molar-refractivity contribution in [2.45, 2.75) is 0 Å². The third-order valence-electron chi connectivity index (χ3n) is 0. The van der Waals surface area contributed by atoms with E-state index in [0.29, 0.717) is 0 Å². The van der Waals surface area contributed by atoms with Crippen LogP contribution in [0.4, 0.5) is 0 Å². The van der Waals surface area contributed by atoms with Crippen LogP contribution in [0.15, 0.2) is 0 Å². The predicted octanol–water partition coefficient (Wildman–Crippen LogP) is -0.0225. The Morgan fingerprint density at radius 3 is 0.111 bits per heavy atom. The van der Waals surface area contributed by atoms with Gasteiger partial charge in [-0.2, -0.15) is 0 Å². The Kier molecular flexibility index (Phi) is 725. The van der Waals surface area contributed by atoms with Crippen molar-refractivity contribution in [1.29, 1.82) is 0 Å².